The van der Waals surface area contributed by atoms with Crippen LogP contribution in [0, 0.1) is 0 Å². The molecular weight excluding hydrogens is 372 g/mol. The van der Waals surface area contributed by atoms with E-state index in [0.29, 0.717) is 36.8 Å². The molecule has 2 heterocycles. The average molecular weight is 405 g/mol. The molecule has 0 aliphatic carbocycles. The number of amides is 2. The van der Waals surface area contributed by atoms with Crippen molar-refractivity contribution < 1.29 is 23.8 Å². The Morgan fingerprint density at radius 3 is 2.55 bits per heavy atom. The largest absolute Gasteiger partial charge is 0.497 e. The molecule has 1 aromatic rings. The third-order valence-corrected chi connectivity index (χ3v) is 5.64. The molecule has 7 heteroatoms. The van der Waals surface area contributed by atoms with Gasteiger partial charge in [-0.25, -0.2) is 0 Å². The highest BCUT2D eigenvalue weighted by molar-refractivity contribution is 5.97. The molecule has 7 nitrogen and oxygen atoms in total. The molecule has 0 saturated carbocycles. The summed E-state index contributed by atoms with van der Waals surface area (Å²) in [5, 5.41) is 3.13. The Kier molecular flexibility index (Phi) is 6.67. The molecule has 0 aromatic heterocycles. The first kappa shape index (κ1) is 21.4. The number of carbonyl (C=O) groups excluding carboxylic acids is 2. The summed E-state index contributed by atoms with van der Waals surface area (Å²) in [5.41, 5.74) is 0.233. The molecule has 2 saturated heterocycles. The zero-order valence-corrected chi connectivity index (χ0v) is 17.8. The van der Waals surface area contributed by atoms with E-state index < -0.39 is 0 Å². The highest BCUT2D eigenvalue weighted by atomic mass is 16.5. The number of nitrogens with zero attached hydrogens (tertiary/aromatic N) is 1. The van der Waals surface area contributed by atoms with Gasteiger partial charge in [-0.1, -0.05) is 0 Å². The number of benzene rings is 1. The summed E-state index contributed by atoms with van der Waals surface area (Å²) in [6.45, 7) is 7.65. The van der Waals surface area contributed by atoms with Crippen LogP contribution in [-0.4, -0.2) is 61.3 Å². The zero-order valence-electron chi connectivity index (χ0n) is 17.8. The van der Waals surface area contributed by atoms with Gasteiger partial charge >= 0.3 is 0 Å². The number of carbonyl (C=O) groups is 2. The maximum Gasteiger partial charge on any atom is 0.255 e. The van der Waals surface area contributed by atoms with Gasteiger partial charge in [0.1, 0.15) is 17.6 Å². The number of hydrogen-bond acceptors (Lipinski definition) is 5. The van der Waals surface area contributed by atoms with E-state index >= 15 is 0 Å². The van der Waals surface area contributed by atoms with Crippen molar-refractivity contribution in [1.29, 1.82) is 0 Å². The monoisotopic (exact) mass is 404 g/mol. The minimum Gasteiger partial charge on any atom is -0.497 e. The number of rotatable bonds is 5. The van der Waals surface area contributed by atoms with Crippen molar-refractivity contribution >= 4 is 11.8 Å². The van der Waals surface area contributed by atoms with Crippen LogP contribution < -0.4 is 14.8 Å². The van der Waals surface area contributed by atoms with Gasteiger partial charge in [-0.3, -0.25) is 9.59 Å². The Bertz CT molecular complexity index is 741. The van der Waals surface area contributed by atoms with E-state index in [-0.39, 0.29) is 29.6 Å². The third-order valence-electron chi connectivity index (χ3n) is 5.64. The van der Waals surface area contributed by atoms with Crippen molar-refractivity contribution in [3.05, 3.63) is 23.8 Å². The fraction of sp³-hybridized carbons (Fsp3) is 0.636. The molecule has 3 rings (SSSR count). The smallest absolute Gasteiger partial charge is 0.255 e. The Morgan fingerprint density at radius 1 is 1.21 bits per heavy atom. The third kappa shape index (κ3) is 5.63. The quantitative estimate of drug-likeness (QED) is 0.817. The van der Waals surface area contributed by atoms with Crippen LogP contribution in [-0.2, 0) is 9.53 Å². The second-order valence-corrected chi connectivity index (χ2v) is 8.46. The Labute approximate surface area is 172 Å². The summed E-state index contributed by atoms with van der Waals surface area (Å²) in [6.07, 6.45) is 3.04. The van der Waals surface area contributed by atoms with E-state index in [2.05, 4.69) is 5.32 Å². The van der Waals surface area contributed by atoms with E-state index in [0.717, 1.165) is 25.7 Å². The molecule has 2 aliphatic heterocycles. The molecule has 0 spiro atoms. The summed E-state index contributed by atoms with van der Waals surface area (Å²) in [6, 6.07) is 5.37. The van der Waals surface area contributed by atoms with Crippen LogP contribution in [0.5, 0.6) is 11.5 Å². The molecule has 2 fully saturated rings. The molecule has 29 heavy (non-hydrogen) atoms. The number of hydrogen-bond donors (Lipinski definition) is 1. The van der Waals surface area contributed by atoms with Gasteiger partial charge in [0, 0.05) is 45.5 Å². The summed E-state index contributed by atoms with van der Waals surface area (Å²) in [4.78, 5) is 26.4. The zero-order chi connectivity index (χ0) is 21.0. The van der Waals surface area contributed by atoms with Gasteiger partial charge in [0.2, 0.25) is 5.91 Å². The van der Waals surface area contributed by atoms with Crippen molar-refractivity contribution in [2.45, 2.75) is 64.2 Å². The van der Waals surface area contributed by atoms with Crippen LogP contribution in [0.1, 0.15) is 56.8 Å². The van der Waals surface area contributed by atoms with Gasteiger partial charge in [0.05, 0.1) is 18.3 Å². The summed E-state index contributed by atoms with van der Waals surface area (Å²) >= 11 is 0. The molecule has 0 unspecified atom stereocenters. The van der Waals surface area contributed by atoms with Crippen molar-refractivity contribution in [2.75, 3.05) is 26.8 Å². The number of nitrogens with one attached hydrogen (secondary N) is 1. The van der Waals surface area contributed by atoms with Crippen LogP contribution in [0.15, 0.2) is 18.2 Å². The summed E-state index contributed by atoms with van der Waals surface area (Å²) < 4.78 is 17.2. The normalized spacial score (nSPS) is 22.1. The van der Waals surface area contributed by atoms with Gasteiger partial charge in [-0.05, 0) is 44.9 Å². The number of ether oxygens (including phenoxy) is 3. The predicted octanol–water partition coefficient (Wildman–Crippen LogP) is 2.77. The van der Waals surface area contributed by atoms with E-state index in [4.69, 9.17) is 14.2 Å². The topological polar surface area (TPSA) is 77.1 Å². The maximum atomic E-state index is 13.1. The number of methoxy groups -OCH3 is 1. The Hall–Kier alpha value is -2.28. The lowest BCUT2D eigenvalue weighted by Gasteiger charge is -2.36. The van der Waals surface area contributed by atoms with Gasteiger partial charge < -0.3 is 24.4 Å². The van der Waals surface area contributed by atoms with Gasteiger partial charge in [-0.2, -0.15) is 0 Å². The molecule has 160 valence electrons. The van der Waals surface area contributed by atoms with Crippen molar-refractivity contribution in [2.24, 2.45) is 0 Å². The lowest BCUT2D eigenvalue weighted by Crippen LogP contribution is -2.46. The minimum atomic E-state index is -0.241. The maximum absolute atomic E-state index is 13.1. The second kappa shape index (κ2) is 9.03. The van der Waals surface area contributed by atoms with Crippen LogP contribution in [0.25, 0.3) is 0 Å². The molecule has 1 atom stereocenters. The van der Waals surface area contributed by atoms with Gasteiger partial charge in [0.25, 0.3) is 5.91 Å². The molecule has 1 aromatic carbocycles. The average Bonchev–Trinajstić information content (AvgIpc) is 2.68. The van der Waals surface area contributed by atoms with Crippen LogP contribution >= 0.6 is 0 Å². The highest BCUT2D eigenvalue weighted by Crippen LogP contribution is 2.29. The molecular formula is C22H32N2O5. The molecule has 0 radical (unpaired) electrons. The lowest BCUT2D eigenvalue weighted by molar-refractivity contribution is -0.130. The van der Waals surface area contributed by atoms with Crippen molar-refractivity contribution in [1.82, 2.24) is 10.2 Å². The fourth-order valence-electron chi connectivity index (χ4n) is 4.00. The van der Waals surface area contributed by atoms with E-state index in [9.17, 15) is 9.59 Å². The first-order chi connectivity index (χ1) is 13.8. The van der Waals surface area contributed by atoms with Crippen LogP contribution in [0.3, 0.4) is 0 Å². The SMILES string of the molecule is COc1ccc(OC2CCN(C(C)=O)CC2)c(C(=O)N[C@H]2CCOC(C)(C)C2)c1. The molecule has 2 aliphatic rings. The van der Waals surface area contributed by atoms with E-state index in [1.54, 1.807) is 32.2 Å². The minimum absolute atomic E-state index is 0.0208. The van der Waals surface area contributed by atoms with Crippen molar-refractivity contribution in [3.63, 3.8) is 0 Å². The van der Waals surface area contributed by atoms with Crippen LogP contribution in [0.2, 0.25) is 0 Å². The van der Waals surface area contributed by atoms with Crippen molar-refractivity contribution in [3.8, 4) is 11.5 Å². The second-order valence-electron chi connectivity index (χ2n) is 8.46. The van der Waals surface area contributed by atoms with Gasteiger partial charge in [0.15, 0.2) is 0 Å². The highest BCUT2D eigenvalue weighted by Gasteiger charge is 2.31. The number of likely N-dealkylation sites (tertiary alicyclic amines) is 1. The standard InChI is InChI=1S/C22H32N2O5/c1-15(25)24-10-7-17(8-11-24)29-20-6-5-18(27-4)13-19(20)21(26)23-16-9-12-28-22(2,3)14-16/h5-6,13,16-17H,7-12,14H2,1-4H3,(H,23,26)/t16-/m0/s1. The molecule has 2 amide bonds. The molecule has 0 bridgehead atoms. The summed E-state index contributed by atoms with van der Waals surface area (Å²) in [7, 11) is 1.58. The molecule has 1 N–H and O–H groups in total. The predicted molar refractivity (Wildman–Crippen MR) is 109 cm³/mol. The van der Waals surface area contributed by atoms with Gasteiger partial charge in [-0.15, -0.1) is 0 Å². The fourth-order valence-corrected chi connectivity index (χ4v) is 4.00. The van der Waals surface area contributed by atoms with Crippen LogP contribution in [0.4, 0.5) is 0 Å². The first-order valence-electron chi connectivity index (χ1n) is 10.3. The van der Waals surface area contributed by atoms with E-state index in [1.165, 1.54) is 0 Å². The Morgan fingerprint density at radius 2 is 1.93 bits per heavy atom. The van der Waals surface area contributed by atoms with E-state index in [1.807, 2.05) is 18.7 Å². The number of piperidine rings is 1. The Balaban J connectivity index is 1.70. The first-order valence-corrected chi connectivity index (χ1v) is 10.3. The summed E-state index contributed by atoms with van der Waals surface area (Å²) in [5.74, 6) is 1.09. The lowest BCUT2D eigenvalue weighted by atomic mass is 9.93.